The molecule has 0 saturated heterocycles. The van der Waals surface area contributed by atoms with Gasteiger partial charge < -0.3 is 0 Å². The highest BCUT2D eigenvalue weighted by molar-refractivity contribution is 6.04. The summed E-state index contributed by atoms with van der Waals surface area (Å²) in [5.74, 6) is 0.120. The van der Waals surface area contributed by atoms with E-state index in [-0.39, 0.29) is 11.2 Å². The molecule has 0 aliphatic rings. The van der Waals surface area contributed by atoms with E-state index >= 15 is 0 Å². The van der Waals surface area contributed by atoms with Crippen LogP contribution in [0.15, 0.2) is 23.3 Å². The number of allylic oxidation sites excluding steroid dienone is 4. The number of rotatable bonds is 2. The first-order chi connectivity index (χ1) is 5.80. The second-order valence-electron chi connectivity index (χ2n) is 4.36. The summed E-state index contributed by atoms with van der Waals surface area (Å²) < 4.78 is 0. The van der Waals surface area contributed by atoms with Crippen molar-refractivity contribution in [3.8, 4) is 0 Å². The van der Waals surface area contributed by atoms with Crippen LogP contribution in [0.3, 0.4) is 0 Å². The Morgan fingerprint density at radius 2 is 1.62 bits per heavy atom. The molecule has 1 heteroatoms. The summed E-state index contributed by atoms with van der Waals surface area (Å²) >= 11 is 0. The van der Waals surface area contributed by atoms with Crippen molar-refractivity contribution in [2.75, 3.05) is 0 Å². The van der Waals surface area contributed by atoms with Gasteiger partial charge in [-0.2, -0.15) is 0 Å². The molecule has 0 aromatic heterocycles. The maximum atomic E-state index is 11.5. The zero-order valence-corrected chi connectivity index (χ0v) is 9.56. The quantitative estimate of drug-likeness (QED) is 0.594. The van der Waals surface area contributed by atoms with Gasteiger partial charge in [0.25, 0.3) is 0 Å². The Morgan fingerprint density at radius 1 is 1.15 bits per heavy atom. The minimum Gasteiger partial charge on any atom is -0.290 e. The minimum absolute atomic E-state index is 0.0846. The van der Waals surface area contributed by atoms with Gasteiger partial charge in [0, 0.05) is 0 Å². The molecule has 1 nitrogen and oxygen atoms in total. The summed E-state index contributed by atoms with van der Waals surface area (Å²) in [6.07, 6.45) is 3.40. The molecule has 0 aromatic carbocycles. The SMILES string of the molecule is CC=CC(=O)C(C)=C(C)C(C)(C)C. The van der Waals surface area contributed by atoms with Gasteiger partial charge in [-0.25, -0.2) is 0 Å². The average molecular weight is 180 g/mol. The van der Waals surface area contributed by atoms with E-state index in [1.54, 1.807) is 12.2 Å². The van der Waals surface area contributed by atoms with Crippen LogP contribution in [0.4, 0.5) is 0 Å². The molecule has 74 valence electrons. The van der Waals surface area contributed by atoms with Crippen LogP contribution in [0, 0.1) is 5.41 Å². The monoisotopic (exact) mass is 180 g/mol. The zero-order valence-electron chi connectivity index (χ0n) is 9.56. The van der Waals surface area contributed by atoms with E-state index in [1.165, 1.54) is 0 Å². The molecule has 0 fully saturated rings. The van der Waals surface area contributed by atoms with Crippen LogP contribution in [0.1, 0.15) is 41.5 Å². The van der Waals surface area contributed by atoms with Gasteiger partial charge in [-0.3, -0.25) is 4.79 Å². The molecule has 0 radical (unpaired) electrons. The third-order valence-corrected chi connectivity index (χ3v) is 2.38. The number of hydrogen-bond donors (Lipinski definition) is 0. The first-order valence-corrected chi connectivity index (χ1v) is 4.65. The Bertz CT molecular complexity index is 249. The lowest BCUT2D eigenvalue weighted by Crippen LogP contribution is -2.11. The molecule has 0 unspecified atom stereocenters. The van der Waals surface area contributed by atoms with Crippen LogP contribution >= 0.6 is 0 Å². The van der Waals surface area contributed by atoms with Crippen molar-refractivity contribution in [1.82, 2.24) is 0 Å². The lowest BCUT2D eigenvalue weighted by molar-refractivity contribution is -0.111. The zero-order chi connectivity index (χ0) is 10.6. The van der Waals surface area contributed by atoms with Gasteiger partial charge in [-0.1, -0.05) is 32.4 Å². The van der Waals surface area contributed by atoms with E-state index in [1.807, 2.05) is 20.8 Å². The second kappa shape index (κ2) is 4.40. The first kappa shape index (κ1) is 12.2. The molecule has 0 rings (SSSR count). The Labute approximate surface area is 81.5 Å². The Kier molecular flexibility index (Phi) is 4.12. The molecule has 0 N–H and O–H groups in total. The van der Waals surface area contributed by atoms with Crippen molar-refractivity contribution >= 4 is 5.78 Å². The summed E-state index contributed by atoms with van der Waals surface area (Å²) in [7, 11) is 0. The van der Waals surface area contributed by atoms with Crippen molar-refractivity contribution in [1.29, 1.82) is 0 Å². The normalized spacial score (nSPS) is 14.6. The summed E-state index contributed by atoms with van der Waals surface area (Å²) in [5, 5.41) is 0. The predicted molar refractivity (Wildman–Crippen MR) is 57.7 cm³/mol. The molecule has 13 heavy (non-hydrogen) atoms. The van der Waals surface area contributed by atoms with Crippen LogP contribution < -0.4 is 0 Å². The van der Waals surface area contributed by atoms with Gasteiger partial charge in [0.1, 0.15) is 0 Å². The summed E-state index contributed by atoms with van der Waals surface area (Å²) in [4.78, 5) is 11.5. The highest BCUT2D eigenvalue weighted by Gasteiger charge is 2.17. The average Bonchev–Trinajstić information content (AvgIpc) is 2.00. The van der Waals surface area contributed by atoms with E-state index in [0.717, 1.165) is 11.1 Å². The Balaban J connectivity index is 4.93. The predicted octanol–water partition coefficient (Wildman–Crippen LogP) is 3.51. The lowest BCUT2D eigenvalue weighted by Gasteiger charge is -2.21. The topological polar surface area (TPSA) is 17.1 Å². The van der Waals surface area contributed by atoms with Crippen LogP contribution in [-0.4, -0.2) is 5.78 Å². The van der Waals surface area contributed by atoms with Gasteiger partial charge in [-0.05, 0) is 37.8 Å². The maximum absolute atomic E-state index is 11.5. The first-order valence-electron chi connectivity index (χ1n) is 4.65. The second-order valence-corrected chi connectivity index (χ2v) is 4.36. The third-order valence-electron chi connectivity index (χ3n) is 2.38. The van der Waals surface area contributed by atoms with Gasteiger partial charge in [0.2, 0.25) is 0 Å². The van der Waals surface area contributed by atoms with Gasteiger partial charge in [-0.15, -0.1) is 0 Å². The summed E-state index contributed by atoms with van der Waals surface area (Å²) in [6, 6.07) is 0. The van der Waals surface area contributed by atoms with Gasteiger partial charge in [0.05, 0.1) is 0 Å². The minimum atomic E-state index is 0.0846. The van der Waals surface area contributed by atoms with E-state index in [2.05, 4.69) is 20.8 Å². The number of carbonyl (C=O) groups excluding carboxylic acids is 1. The van der Waals surface area contributed by atoms with Crippen LogP contribution in [0.2, 0.25) is 0 Å². The molecule has 0 aromatic rings. The summed E-state index contributed by atoms with van der Waals surface area (Å²) in [5.41, 5.74) is 2.11. The molecule has 0 atom stereocenters. The molecule has 0 aliphatic heterocycles. The molecular weight excluding hydrogens is 160 g/mol. The fraction of sp³-hybridized carbons (Fsp3) is 0.583. The van der Waals surface area contributed by atoms with E-state index in [4.69, 9.17) is 0 Å². The van der Waals surface area contributed by atoms with E-state index < -0.39 is 0 Å². The van der Waals surface area contributed by atoms with Crippen LogP contribution in [0.5, 0.6) is 0 Å². The highest BCUT2D eigenvalue weighted by Crippen LogP contribution is 2.27. The molecule has 0 spiro atoms. The number of carbonyl (C=O) groups is 1. The van der Waals surface area contributed by atoms with Crippen molar-refractivity contribution < 1.29 is 4.79 Å². The van der Waals surface area contributed by atoms with E-state index in [9.17, 15) is 4.79 Å². The largest absolute Gasteiger partial charge is 0.290 e. The molecule has 0 saturated carbocycles. The van der Waals surface area contributed by atoms with Gasteiger partial charge in [0.15, 0.2) is 5.78 Å². The van der Waals surface area contributed by atoms with Crippen molar-refractivity contribution in [3.05, 3.63) is 23.3 Å². The fourth-order valence-corrected chi connectivity index (χ4v) is 1.02. The molecule has 0 heterocycles. The third kappa shape index (κ3) is 3.58. The standard InChI is InChI=1S/C12H20O/c1-7-8-11(13)9(2)10(3)12(4,5)6/h7-8H,1-6H3. The van der Waals surface area contributed by atoms with Crippen molar-refractivity contribution in [2.24, 2.45) is 5.41 Å². The van der Waals surface area contributed by atoms with Gasteiger partial charge >= 0.3 is 0 Å². The van der Waals surface area contributed by atoms with Crippen LogP contribution in [-0.2, 0) is 4.79 Å². The lowest BCUT2D eigenvalue weighted by atomic mass is 9.84. The number of hydrogen-bond acceptors (Lipinski definition) is 1. The van der Waals surface area contributed by atoms with Crippen molar-refractivity contribution in [3.63, 3.8) is 0 Å². The fourth-order valence-electron chi connectivity index (χ4n) is 1.02. The summed E-state index contributed by atoms with van der Waals surface area (Å²) in [6.45, 7) is 12.1. The highest BCUT2D eigenvalue weighted by atomic mass is 16.1. The Hall–Kier alpha value is -0.850. The number of ketones is 1. The molecule has 0 bridgehead atoms. The molecule has 0 amide bonds. The molecule has 0 aliphatic carbocycles. The van der Waals surface area contributed by atoms with E-state index in [0.29, 0.717) is 0 Å². The Morgan fingerprint density at radius 3 is 1.92 bits per heavy atom. The smallest absolute Gasteiger partial charge is 0.181 e. The molecular formula is C12H20O. The van der Waals surface area contributed by atoms with Crippen molar-refractivity contribution in [2.45, 2.75) is 41.5 Å². The maximum Gasteiger partial charge on any atom is 0.181 e. The van der Waals surface area contributed by atoms with Crippen LogP contribution in [0.25, 0.3) is 0 Å².